The zero-order valence-corrected chi connectivity index (χ0v) is 18.4. The molecule has 0 saturated carbocycles. The van der Waals surface area contributed by atoms with Gasteiger partial charge in [-0.3, -0.25) is 4.79 Å². The van der Waals surface area contributed by atoms with Crippen LogP contribution in [0.5, 0.6) is 5.75 Å². The minimum atomic E-state index is 0.0575. The summed E-state index contributed by atoms with van der Waals surface area (Å²) < 4.78 is 9.73. The van der Waals surface area contributed by atoms with E-state index in [1.54, 1.807) is 7.11 Å². The van der Waals surface area contributed by atoms with E-state index in [9.17, 15) is 4.79 Å². The topological polar surface area (TPSA) is 58.6 Å². The minimum Gasteiger partial charge on any atom is -0.497 e. The summed E-state index contributed by atoms with van der Waals surface area (Å²) in [5.74, 6) is 1.66. The van der Waals surface area contributed by atoms with Crippen LogP contribution in [0.15, 0.2) is 48.5 Å². The van der Waals surface area contributed by atoms with Crippen LogP contribution in [0.3, 0.4) is 0 Å². The number of methoxy groups -OCH3 is 1. The number of ether oxygens (including phenoxy) is 1. The molecule has 1 aromatic heterocycles. The molecule has 3 aromatic rings. The number of carbonyl (C=O) groups is 1. The van der Waals surface area contributed by atoms with Gasteiger partial charge in [-0.25, -0.2) is 4.98 Å². The number of hydrogen-bond donors (Lipinski definition) is 0. The third-order valence-corrected chi connectivity index (χ3v) is 6.25. The molecule has 1 atom stereocenters. The number of carbonyl (C=O) groups excluding carboxylic acids is 1. The summed E-state index contributed by atoms with van der Waals surface area (Å²) in [6.07, 6.45) is 0.738. The summed E-state index contributed by atoms with van der Waals surface area (Å²) in [6, 6.07) is 15.9. The zero-order chi connectivity index (χ0) is 21.1. The van der Waals surface area contributed by atoms with Crippen molar-refractivity contribution in [3.63, 3.8) is 0 Å². The smallest absolute Gasteiger partial charge is 0.254 e. The molecule has 156 valence electrons. The predicted molar refractivity (Wildman–Crippen MR) is 120 cm³/mol. The van der Waals surface area contributed by atoms with Crippen molar-refractivity contribution in [1.82, 2.24) is 14.3 Å². The van der Waals surface area contributed by atoms with Crippen LogP contribution in [0.25, 0.3) is 0 Å². The number of rotatable bonds is 5. The highest BCUT2D eigenvalue weighted by Crippen LogP contribution is 2.24. The average Bonchev–Trinajstić information content (AvgIpc) is 3.23. The van der Waals surface area contributed by atoms with E-state index in [1.165, 1.54) is 22.7 Å². The first-order valence-electron chi connectivity index (χ1n) is 10.1. The second-order valence-corrected chi connectivity index (χ2v) is 8.41. The van der Waals surface area contributed by atoms with Gasteiger partial charge in [-0.1, -0.05) is 29.8 Å². The van der Waals surface area contributed by atoms with E-state index >= 15 is 0 Å². The van der Waals surface area contributed by atoms with Crippen molar-refractivity contribution in [3.05, 3.63) is 71.0 Å². The molecule has 0 N–H and O–H groups in total. The third-order valence-electron chi connectivity index (χ3n) is 5.44. The van der Waals surface area contributed by atoms with Gasteiger partial charge in [-0.15, -0.1) is 0 Å². The summed E-state index contributed by atoms with van der Waals surface area (Å²) in [6.45, 7) is 6.34. The number of aromatic nitrogens is 2. The van der Waals surface area contributed by atoms with Crippen molar-refractivity contribution in [3.8, 4) is 5.75 Å². The molecule has 30 heavy (non-hydrogen) atoms. The Hall–Kier alpha value is -2.93. The quantitative estimate of drug-likeness (QED) is 0.626. The highest BCUT2D eigenvalue weighted by molar-refractivity contribution is 7.09. The van der Waals surface area contributed by atoms with E-state index in [-0.39, 0.29) is 11.9 Å². The van der Waals surface area contributed by atoms with E-state index in [1.807, 2.05) is 29.2 Å². The van der Waals surface area contributed by atoms with Crippen LogP contribution >= 0.6 is 11.5 Å². The lowest BCUT2D eigenvalue weighted by atomic mass is 10.1. The van der Waals surface area contributed by atoms with Crippen LogP contribution in [0, 0.1) is 6.92 Å². The number of piperazine rings is 1. The molecular formula is C23H26N4O2S. The van der Waals surface area contributed by atoms with Gasteiger partial charge in [0, 0.05) is 49.2 Å². The van der Waals surface area contributed by atoms with Crippen LogP contribution in [-0.4, -0.2) is 53.0 Å². The van der Waals surface area contributed by atoms with Gasteiger partial charge in [-0.05, 0) is 43.7 Å². The van der Waals surface area contributed by atoms with Crippen LogP contribution in [0.2, 0.25) is 0 Å². The van der Waals surface area contributed by atoms with E-state index < -0.39 is 0 Å². The SMILES string of the molecule is COc1ccc(C(=O)N2CCN(c3nc(Cc4ccc(C)cc4)ns3)CC2C)cc1. The van der Waals surface area contributed by atoms with Gasteiger partial charge >= 0.3 is 0 Å². The first-order valence-corrected chi connectivity index (χ1v) is 10.9. The van der Waals surface area contributed by atoms with E-state index in [2.05, 4.69) is 47.4 Å². The summed E-state index contributed by atoms with van der Waals surface area (Å²) in [7, 11) is 1.62. The Bertz CT molecular complexity index is 1000. The Morgan fingerprint density at radius 3 is 2.53 bits per heavy atom. The second-order valence-electron chi connectivity index (χ2n) is 7.68. The molecule has 1 aliphatic rings. The minimum absolute atomic E-state index is 0.0575. The average molecular weight is 423 g/mol. The lowest BCUT2D eigenvalue weighted by Crippen LogP contribution is -2.54. The standard InChI is InChI=1S/C23H26N4O2S/c1-16-4-6-18(7-5-16)14-21-24-23(30-25-21)26-12-13-27(17(2)15-26)22(28)19-8-10-20(29-3)11-9-19/h4-11,17H,12-15H2,1-3H3. The number of benzene rings is 2. The fourth-order valence-electron chi connectivity index (χ4n) is 3.67. The molecule has 1 unspecified atom stereocenters. The van der Waals surface area contributed by atoms with Crippen molar-refractivity contribution >= 4 is 22.6 Å². The van der Waals surface area contributed by atoms with E-state index in [0.29, 0.717) is 12.1 Å². The lowest BCUT2D eigenvalue weighted by Gasteiger charge is -2.39. The van der Waals surface area contributed by atoms with E-state index in [0.717, 1.165) is 36.2 Å². The van der Waals surface area contributed by atoms with Gasteiger partial charge in [0.2, 0.25) is 5.13 Å². The Morgan fingerprint density at radius 1 is 1.13 bits per heavy atom. The predicted octanol–water partition coefficient (Wildman–Crippen LogP) is 3.80. The van der Waals surface area contributed by atoms with Gasteiger partial charge in [0.15, 0.2) is 0 Å². The molecule has 2 heterocycles. The number of nitrogens with zero attached hydrogens (tertiary/aromatic N) is 4. The Kier molecular flexibility index (Phi) is 5.99. The lowest BCUT2D eigenvalue weighted by molar-refractivity contribution is 0.0674. The number of aryl methyl sites for hydroxylation is 1. The molecular weight excluding hydrogens is 396 g/mol. The molecule has 7 heteroatoms. The summed E-state index contributed by atoms with van der Waals surface area (Å²) in [5.41, 5.74) is 3.15. The Labute approximate surface area is 181 Å². The second kappa shape index (κ2) is 8.83. The van der Waals surface area contributed by atoms with Crippen molar-refractivity contribution in [2.75, 3.05) is 31.6 Å². The van der Waals surface area contributed by atoms with Crippen LogP contribution in [0.1, 0.15) is 34.2 Å². The number of anilines is 1. The Balaban J connectivity index is 1.38. The van der Waals surface area contributed by atoms with Gasteiger partial charge in [0.05, 0.1) is 7.11 Å². The van der Waals surface area contributed by atoms with Crippen LogP contribution in [-0.2, 0) is 6.42 Å². The highest BCUT2D eigenvalue weighted by atomic mass is 32.1. The molecule has 6 nitrogen and oxygen atoms in total. The molecule has 0 bridgehead atoms. The maximum absolute atomic E-state index is 12.9. The van der Waals surface area contributed by atoms with Gasteiger partial charge in [-0.2, -0.15) is 4.37 Å². The first-order chi connectivity index (χ1) is 14.5. The van der Waals surface area contributed by atoms with Crippen molar-refractivity contribution in [2.24, 2.45) is 0 Å². The summed E-state index contributed by atoms with van der Waals surface area (Å²) in [4.78, 5) is 21.8. The van der Waals surface area contributed by atoms with Crippen molar-refractivity contribution in [2.45, 2.75) is 26.3 Å². The normalized spacial score (nSPS) is 16.6. The summed E-state index contributed by atoms with van der Waals surface area (Å²) in [5, 5.41) is 0.931. The van der Waals surface area contributed by atoms with Crippen LogP contribution < -0.4 is 9.64 Å². The van der Waals surface area contributed by atoms with Gasteiger partial charge < -0.3 is 14.5 Å². The molecule has 1 fully saturated rings. The molecule has 0 spiro atoms. The zero-order valence-electron chi connectivity index (χ0n) is 17.5. The summed E-state index contributed by atoms with van der Waals surface area (Å²) >= 11 is 1.44. The highest BCUT2D eigenvalue weighted by Gasteiger charge is 2.29. The van der Waals surface area contributed by atoms with Crippen molar-refractivity contribution < 1.29 is 9.53 Å². The van der Waals surface area contributed by atoms with Gasteiger partial charge in [0.25, 0.3) is 5.91 Å². The molecule has 1 saturated heterocycles. The molecule has 1 aliphatic heterocycles. The number of hydrogen-bond acceptors (Lipinski definition) is 6. The first kappa shape index (κ1) is 20.3. The third kappa shape index (κ3) is 4.46. The maximum atomic E-state index is 12.9. The molecule has 1 amide bonds. The van der Waals surface area contributed by atoms with Crippen LogP contribution in [0.4, 0.5) is 5.13 Å². The monoisotopic (exact) mass is 422 g/mol. The molecule has 0 radical (unpaired) electrons. The Morgan fingerprint density at radius 2 is 1.87 bits per heavy atom. The molecule has 2 aromatic carbocycles. The molecule has 0 aliphatic carbocycles. The van der Waals surface area contributed by atoms with Gasteiger partial charge in [0.1, 0.15) is 11.6 Å². The fourth-order valence-corrected chi connectivity index (χ4v) is 4.39. The number of amides is 1. The van der Waals surface area contributed by atoms with Crippen molar-refractivity contribution in [1.29, 1.82) is 0 Å². The largest absolute Gasteiger partial charge is 0.497 e. The maximum Gasteiger partial charge on any atom is 0.254 e. The van der Waals surface area contributed by atoms with E-state index in [4.69, 9.17) is 9.72 Å². The fraction of sp³-hybridized carbons (Fsp3) is 0.348. The molecule has 4 rings (SSSR count).